The van der Waals surface area contributed by atoms with Crippen LogP contribution in [0.4, 0.5) is 0 Å². The van der Waals surface area contributed by atoms with E-state index in [9.17, 15) is 9.59 Å². The molecule has 0 unspecified atom stereocenters. The van der Waals surface area contributed by atoms with Gasteiger partial charge in [0.1, 0.15) is 5.75 Å². The number of carbonyl (C=O) groups excluding carboxylic acids is 1. The Kier molecular flexibility index (Phi) is 6.71. The van der Waals surface area contributed by atoms with Crippen molar-refractivity contribution in [3.8, 4) is 17.1 Å². The maximum Gasteiger partial charge on any atom is 0.305 e. The zero-order valence-electron chi connectivity index (χ0n) is 15.1. The van der Waals surface area contributed by atoms with Gasteiger partial charge in [-0.3, -0.25) is 9.59 Å². The summed E-state index contributed by atoms with van der Waals surface area (Å²) in [5, 5.41) is 12.7. The van der Waals surface area contributed by atoms with Crippen LogP contribution in [0.2, 0.25) is 0 Å². The molecule has 0 aliphatic carbocycles. The number of methoxy groups -OCH3 is 1. The maximum atomic E-state index is 12.3. The van der Waals surface area contributed by atoms with E-state index in [2.05, 4.69) is 10.1 Å². The lowest BCUT2D eigenvalue weighted by Crippen LogP contribution is -2.38. The van der Waals surface area contributed by atoms with E-state index in [4.69, 9.17) is 14.4 Å². The second-order valence-corrected chi connectivity index (χ2v) is 6.06. The van der Waals surface area contributed by atoms with E-state index in [0.29, 0.717) is 18.1 Å². The summed E-state index contributed by atoms with van der Waals surface area (Å²) in [6.45, 7) is 3.90. The smallest absolute Gasteiger partial charge is 0.305 e. The first-order chi connectivity index (χ1) is 12.4. The lowest BCUT2D eigenvalue weighted by molar-refractivity contribution is -0.139. The largest absolute Gasteiger partial charge is 0.497 e. The van der Waals surface area contributed by atoms with Gasteiger partial charge < -0.3 is 19.3 Å². The van der Waals surface area contributed by atoms with E-state index in [1.54, 1.807) is 24.1 Å². The summed E-state index contributed by atoms with van der Waals surface area (Å²) in [5.74, 6) is 0.487. The van der Waals surface area contributed by atoms with Gasteiger partial charge in [-0.05, 0) is 38.1 Å². The van der Waals surface area contributed by atoms with E-state index in [1.807, 2.05) is 26.0 Å². The first kappa shape index (κ1) is 19.4. The Morgan fingerprint density at radius 2 is 1.92 bits per heavy atom. The number of nitrogens with zero attached hydrogens (tertiary/aromatic N) is 3. The third-order valence-electron chi connectivity index (χ3n) is 3.88. The van der Waals surface area contributed by atoms with Crippen LogP contribution in [0.25, 0.3) is 11.4 Å². The fourth-order valence-electron chi connectivity index (χ4n) is 2.46. The predicted molar refractivity (Wildman–Crippen MR) is 93.7 cm³/mol. The minimum atomic E-state index is -0.926. The fraction of sp³-hybridized carbons (Fsp3) is 0.444. The molecule has 0 spiro atoms. The van der Waals surface area contributed by atoms with Crippen LogP contribution in [0.5, 0.6) is 5.75 Å². The van der Waals surface area contributed by atoms with E-state index in [1.165, 1.54) is 0 Å². The highest BCUT2D eigenvalue weighted by atomic mass is 16.5. The van der Waals surface area contributed by atoms with Crippen molar-refractivity contribution in [2.75, 3.05) is 13.7 Å². The van der Waals surface area contributed by atoms with Gasteiger partial charge in [0.25, 0.3) is 0 Å². The second kappa shape index (κ2) is 8.98. The van der Waals surface area contributed by atoms with E-state index in [0.717, 1.165) is 11.3 Å². The van der Waals surface area contributed by atoms with Crippen LogP contribution >= 0.6 is 0 Å². The topological polar surface area (TPSA) is 106 Å². The highest BCUT2D eigenvalue weighted by Gasteiger charge is 2.19. The second-order valence-electron chi connectivity index (χ2n) is 6.06. The number of carboxylic acids is 1. The van der Waals surface area contributed by atoms with Crippen molar-refractivity contribution in [1.82, 2.24) is 15.0 Å². The van der Waals surface area contributed by atoms with Crippen molar-refractivity contribution in [3.63, 3.8) is 0 Å². The molecule has 8 heteroatoms. The van der Waals surface area contributed by atoms with Crippen LogP contribution in [0.15, 0.2) is 28.8 Å². The van der Waals surface area contributed by atoms with Crippen LogP contribution in [-0.2, 0) is 16.0 Å². The quantitative estimate of drug-likeness (QED) is 0.731. The Hall–Kier alpha value is -2.90. The first-order valence-corrected chi connectivity index (χ1v) is 8.39. The molecule has 1 amide bonds. The average Bonchev–Trinajstić information content (AvgIpc) is 3.08. The van der Waals surface area contributed by atoms with Gasteiger partial charge in [-0.25, -0.2) is 0 Å². The standard InChI is InChI=1S/C18H23N3O5/c1-12(2)21(11-10-17(23)24)16(22)9-8-15-19-18(20-26-15)13-4-6-14(25-3)7-5-13/h4-7,12H,8-11H2,1-3H3,(H,23,24). The Bertz CT molecular complexity index is 740. The molecule has 0 radical (unpaired) electrons. The highest BCUT2D eigenvalue weighted by molar-refractivity contribution is 5.77. The van der Waals surface area contributed by atoms with Crippen molar-refractivity contribution >= 4 is 11.9 Å². The summed E-state index contributed by atoms with van der Waals surface area (Å²) >= 11 is 0. The molecule has 1 N–H and O–H groups in total. The number of aryl methyl sites for hydroxylation is 1. The maximum absolute atomic E-state index is 12.3. The number of aliphatic carboxylic acids is 1. The Balaban J connectivity index is 1.95. The molecule has 1 aromatic carbocycles. The minimum Gasteiger partial charge on any atom is -0.497 e. The predicted octanol–water partition coefficient (Wildman–Crippen LogP) is 2.39. The molecule has 140 valence electrons. The fourth-order valence-corrected chi connectivity index (χ4v) is 2.46. The van der Waals surface area contributed by atoms with Gasteiger partial charge in [0.05, 0.1) is 13.5 Å². The number of aromatic nitrogens is 2. The summed E-state index contributed by atoms with van der Waals surface area (Å²) < 4.78 is 10.3. The highest BCUT2D eigenvalue weighted by Crippen LogP contribution is 2.20. The number of carboxylic acid groups (broad SMARTS) is 1. The number of rotatable bonds is 9. The molecule has 0 saturated heterocycles. The first-order valence-electron chi connectivity index (χ1n) is 8.39. The summed E-state index contributed by atoms with van der Waals surface area (Å²) in [5.41, 5.74) is 0.789. The van der Waals surface area contributed by atoms with Crippen LogP contribution in [0.3, 0.4) is 0 Å². The lowest BCUT2D eigenvalue weighted by atomic mass is 10.2. The van der Waals surface area contributed by atoms with Crippen molar-refractivity contribution in [3.05, 3.63) is 30.2 Å². The normalized spacial score (nSPS) is 10.8. The summed E-state index contributed by atoms with van der Waals surface area (Å²) in [6.07, 6.45) is 0.409. The molecule has 1 heterocycles. The molecule has 1 aromatic heterocycles. The molecule has 0 bridgehead atoms. The molecular formula is C18H23N3O5. The van der Waals surface area contributed by atoms with Crippen molar-refractivity contribution in [2.45, 2.75) is 39.2 Å². The van der Waals surface area contributed by atoms with Gasteiger partial charge >= 0.3 is 5.97 Å². The van der Waals surface area contributed by atoms with Crippen LogP contribution in [0.1, 0.15) is 32.6 Å². The number of carbonyl (C=O) groups is 2. The zero-order chi connectivity index (χ0) is 19.1. The minimum absolute atomic E-state index is 0.0700. The Morgan fingerprint density at radius 3 is 2.50 bits per heavy atom. The SMILES string of the molecule is COc1ccc(-c2noc(CCC(=O)N(CCC(=O)O)C(C)C)n2)cc1. The monoisotopic (exact) mass is 361 g/mol. The van der Waals surface area contributed by atoms with E-state index < -0.39 is 5.97 Å². The lowest BCUT2D eigenvalue weighted by Gasteiger charge is -2.26. The third-order valence-corrected chi connectivity index (χ3v) is 3.88. The Morgan fingerprint density at radius 1 is 1.23 bits per heavy atom. The van der Waals surface area contributed by atoms with Gasteiger partial charge in [0.15, 0.2) is 0 Å². The average molecular weight is 361 g/mol. The molecule has 2 rings (SSSR count). The van der Waals surface area contributed by atoms with Crippen LogP contribution < -0.4 is 4.74 Å². The van der Waals surface area contributed by atoms with Gasteiger partial charge in [-0.2, -0.15) is 4.98 Å². The number of amides is 1. The molecule has 0 aliphatic rings. The van der Waals surface area contributed by atoms with E-state index in [-0.39, 0.29) is 31.3 Å². The summed E-state index contributed by atoms with van der Waals surface area (Å²) in [7, 11) is 1.59. The molecule has 0 saturated carbocycles. The number of hydrogen-bond acceptors (Lipinski definition) is 6. The molecule has 0 fully saturated rings. The van der Waals surface area contributed by atoms with E-state index >= 15 is 0 Å². The molecule has 26 heavy (non-hydrogen) atoms. The van der Waals surface area contributed by atoms with Gasteiger partial charge in [-0.1, -0.05) is 5.16 Å². The van der Waals surface area contributed by atoms with Crippen molar-refractivity contribution in [1.29, 1.82) is 0 Å². The Labute approximate surface area is 151 Å². The molecular weight excluding hydrogens is 338 g/mol. The third kappa shape index (κ3) is 5.30. The zero-order valence-corrected chi connectivity index (χ0v) is 15.1. The summed E-state index contributed by atoms with van der Waals surface area (Å²) in [6, 6.07) is 7.19. The van der Waals surface area contributed by atoms with Crippen LogP contribution in [-0.4, -0.2) is 51.7 Å². The van der Waals surface area contributed by atoms with Crippen molar-refractivity contribution in [2.24, 2.45) is 0 Å². The van der Waals surface area contributed by atoms with Gasteiger partial charge in [0.2, 0.25) is 17.6 Å². The number of benzene rings is 1. The van der Waals surface area contributed by atoms with Gasteiger partial charge in [-0.15, -0.1) is 0 Å². The molecule has 0 aliphatic heterocycles. The molecule has 2 aromatic rings. The van der Waals surface area contributed by atoms with Gasteiger partial charge in [0, 0.05) is 31.0 Å². The number of ether oxygens (including phenoxy) is 1. The van der Waals surface area contributed by atoms with Crippen LogP contribution in [0, 0.1) is 0 Å². The number of hydrogen-bond donors (Lipinski definition) is 1. The molecule has 8 nitrogen and oxygen atoms in total. The summed E-state index contributed by atoms with van der Waals surface area (Å²) in [4.78, 5) is 28.9. The van der Waals surface area contributed by atoms with Crippen molar-refractivity contribution < 1.29 is 24.0 Å². The molecule has 0 atom stereocenters.